The van der Waals surface area contributed by atoms with Gasteiger partial charge in [-0.15, -0.1) is 0 Å². The Balaban J connectivity index is 1.86. The Labute approximate surface area is 153 Å². The number of amides is 1. The summed E-state index contributed by atoms with van der Waals surface area (Å²) in [7, 11) is 3.23. The maximum atomic E-state index is 12.8. The molecule has 0 aliphatic heterocycles. The highest BCUT2D eigenvalue weighted by atomic mass is 16.5. The number of carbonyl (C=O) groups excluding carboxylic acids is 1. The first kappa shape index (κ1) is 17.9. The molecule has 1 aromatic heterocycles. The Morgan fingerprint density at radius 3 is 2.54 bits per heavy atom. The van der Waals surface area contributed by atoms with E-state index in [2.05, 4.69) is 17.2 Å². The first-order chi connectivity index (χ1) is 12.4. The first-order valence-corrected chi connectivity index (χ1v) is 8.56. The molecule has 0 bridgehead atoms. The normalized spacial score (nSPS) is 12.0. The molecular formula is C21H24N2O3. The van der Waals surface area contributed by atoms with Crippen LogP contribution in [0.2, 0.25) is 0 Å². The second-order valence-corrected chi connectivity index (χ2v) is 6.44. The van der Waals surface area contributed by atoms with Crippen LogP contribution in [0.4, 0.5) is 0 Å². The largest absolute Gasteiger partial charge is 0.497 e. The number of nitrogens with one attached hydrogen (secondary N) is 2. The second kappa shape index (κ2) is 7.12. The molecule has 5 nitrogen and oxygen atoms in total. The summed E-state index contributed by atoms with van der Waals surface area (Å²) < 4.78 is 10.7. The number of rotatable bonds is 5. The highest BCUT2D eigenvalue weighted by Crippen LogP contribution is 2.29. The molecule has 2 N–H and O–H groups in total. The molecular weight excluding hydrogens is 328 g/mol. The molecule has 3 rings (SSSR count). The fraction of sp³-hybridized carbons (Fsp3) is 0.286. The maximum Gasteiger partial charge on any atom is 0.251 e. The predicted octanol–water partition coefficient (Wildman–Crippen LogP) is 4.29. The smallest absolute Gasteiger partial charge is 0.251 e. The van der Waals surface area contributed by atoms with Gasteiger partial charge < -0.3 is 19.8 Å². The number of hydrogen-bond donors (Lipinski definition) is 2. The van der Waals surface area contributed by atoms with Gasteiger partial charge in [-0.25, -0.2) is 0 Å². The van der Waals surface area contributed by atoms with Crippen LogP contribution in [0.15, 0.2) is 36.4 Å². The molecule has 1 atom stereocenters. The van der Waals surface area contributed by atoms with Crippen molar-refractivity contribution in [3.05, 3.63) is 58.8 Å². The number of H-pyrrole nitrogens is 1. The molecule has 0 spiro atoms. The standard InChI is InChI=1S/C21H24N2O3/c1-12-13(2)22-19-8-6-15(10-17(12)19)21(24)23-14(3)18-11-16(25-4)7-9-20(18)26-5/h6-11,14,22H,1-5H3,(H,23,24). The van der Waals surface area contributed by atoms with E-state index in [4.69, 9.17) is 9.47 Å². The van der Waals surface area contributed by atoms with Gasteiger partial charge in [0.05, 0.1) is 20.3 Å². The molecule has 26 heavy (non-hydrogen) atoms. The van der Waals surface area contributed by atoms with Crippen molar-refractivity contribution in [1.29, 1.82) is 0 Å². The number of ether oxygens (including phenoxy) is 2. The Morgan fingerprint density at radius 2 is 1.85 bits per heavy atom. The van der Waals surface area contributed by atoms with Gasteiger partial charge in [-0.3, -0.25) is 4.79 Å². The van der Waals surface area contributed by atoms with Gasteiger partial charge in [0.1, 0.15) is 11.5 Å². The van der Waals surface area contributed by atoms with E-state index in [1.54, 1.807) is 14.2 Å². The number of aromatic amines is 1. The minimum atomic E-state index is -0.225. The van der Waals surface area contributed by atoms with Crippen molar-refractivity contribution in [3.8, 4) is 11.5 Å². The predicted molar refractivity (Wildman–Crippen MR) is 103 cm³/mol. The molecule has 0 saturated carbocycles. The van der Waals surface area contributed by atoms with Crippen molar-refractivity contribution in [1.82, 2.24) is 10.3 Å². The van der Waals surface area contributed by atoms with Crippen LogP contribution < -0.4 is 14.8 Å². The van der Waals surface area contributed by atoms with Crippen molar-refractivity contribution in [3.63, 3.8) is 0 Å². The highest BCUT2D eigenvalue weighted by Gasteiger charge is 2.17. The topological polar surface area (TPSA) is 63.4 Å². The summed E-state index contributed by atoms with van der Waals surface area (Å²) in [6, 6.07) is 11.0. The summed E-state index contributed by atoms with van der Waals surface area (Å²) in [5.41, 5.74) is 4.83. The van der Waals surface area contributed by atoms with Gasteiger partial charge in [-0.1, -0.05) is 0 Å². The number of methoxy groups -OCH3 is 2. The summed E-state index contributed by atoms with van der Waals surface area (Å²) >= 11 is 0. The van der Waals surface area contributed by atoms with E-state index in [9.17, 15) is 4.79 Å². The fourth-order valence-electron chi connectivity index (χ4n) is 3.14. The Morgan fingerprint density at radius 1 is 1.08 bits per heavy atom. The van der Waals surface area contributed by atoms with Crippen LogP contribution in [0, 0.1) is 13.8 Å². The lowest BCUT2D eigenvalue weighted by Gasteiger charge is -2.18. The molecule has 3 aromatic rings. The van der Waals surface area contributed by atoms with Crippen LogP contribution in [0.25, 0.3) is 10.9 Å². The van der Waals surface area contributed by atoms with Gasteiger partial charge in [0.2, 0.25) is 0 Å². The van der Waals surface area contributed by atoms with Crippen LogP contribution in [0.5, 0.6) is 11.5 Å². The third-order valence-electron chi connectivity index (χ3n) is 4.82. The molecule has 0 saturated heterocycles. The molecule has 1 unspecified atom stereocenters. The SMILES string of the molecule is COc1ccc(OC)c(C(C)NC(=O)c2ccc3[nH]c(C)c(C)c3c2)c1. The van der Waals surface area contributed by atoms with E-state index >= 15 is 0 Å². The third-order valence-corrected chi connectivity index (χ3v) is 4.82. The molecule has 5 heteroatoms. The summed E-state index contributed by atoms with van der Waals surface area (Å²) in [6.07, 6.45) is 0. The van der Waals surface area contributed by atoms with Crippen LogP contribution in [0.3, 0.4) is 0 Å². The summed E-state index contributed by atoms with van der Waals surface area (Å²) in [5.74, 6) is 1.32. The van der Waals surface area contributed by atoms with Crippen molar-refractivity contribution in [2.75, 3.05) is 14.2 Å². The van der Waals surface area contributed by atoms with Gasteiger partial charge >= 0.3 is 0 Å². The minimum absolute atomic E-state index is 0.123. The van der Waals surface area contributed by atoms with Crippen molar-refractivity contribution >= 4 is 16.8 Å². The zero-order valence-electron chi connectivity index (χ0n) is 15.8. The monoisotopic (exact) mass is 352 g/mol. The minimum Gasteiger partial charge on any atom is -0.497 e. The average Bonchev–Trinajstić information content (AvgIpc) is 2.94. The Hall–Kier alpha value is -2.95. The first-order valence-electron chi connectivity index (χ1n) is 8.56. The molecule has 0 aliphatic rings. The van der Waals surface area contributed by atoms with E-state index in [1.807, 2.05) is 50.2 Å². The van der Waals surface area contributed by atoms with Gasteiger partial charge in [0.25, 0.3) is 5.91 Å². The molecule has 0 aliphatic carbocycles. The van der Waals surface area contributed by atoms with Gasteiger partial charge in [0.15, 0.2) is 0 Å². The molecule has 2 aromatic carbocycles. The van der Waals surface area contributed by atoms with Crippen molar-refractivity contribution in [2.45, 2.75) is 26.8 Å². The second-order valence-electron chi connectivity index (χ2n) is 6.44. The lowest BCUT2D eigenvalue weighted by atomic mass is 10.0. The van der Waals surface area contributed by atoms with Crippen LogP contribution in [-0.2, 0) is 0 Å². The molecule has 1 amide bonds. The Bertz CT molecular complexity index is 959. The Kier molecular flexibility index (Phi) is 4.89. The van der Waals surface area contributed by atoms with E-state index in [1.165, 1.54) is 0 Å². The van der Waals surface area contributed by atoms with Crippen molar-refractivity contribution < 1.29 is 14.3 Å². The molecule has 0 fully saturated rings. The number of carbonyl (C=O) groups is 1. The molecule has 136 valence electrons. The van der Waals surface area contributed by atoms with E-state index < -0.39 is 0 Å². The van der Waals surface area contributed by atoms with Crippen LogP contribution in [-0.4, -0.2) is 25.1 Å². The molecule has 1 heterocycles. The fourth-order valence-corrected chi connectivity index (χ4v) is 3.14. The number of hydrogen-bond acceptors (Lipinski definition) is 3. The number of benzene rings is 2. The average molecular weight is 352 g/mol. The maximum absolute atomic E-state index is 12.8. The van der Waals surface area contributed by atoms with E-state index in [-0.39, 0.29) is 11.9 Å². The van der Waals surface area contributed by atoms with E-state index in [0.29, 0.717) is 11.3 Å². The summed E-state index contributed by atoms with van der Waals surface area (Å²) in [4.78, 5) is 16.1. The zero-order chi connectivity index (χ0) is 18.8. The lowest BCUT2D eigenvalue weighted by Crippen LogP contribution is -2.27. The van der Waals surface area contributed by atoms with Crippen molar-refractivity contribution in [2.24, 2.45) is 0 Å². The van der Waals surface area contributed by atoms with Gasteiger partial charge in [-0.05, 0) is 62.7 Å². The highest BCUT2D eigenvalue weighted by molar-refractivity contribution is 5.99. The van der Waals surface area contributed by atoms with Gasteiger partial charge in [-0.2, -0.15) is 0 Å². The van der Waals surface area contributed by atoms with Crippen LogP contribution in [0.1, 0.15) is 40.1 Å². The summed E-state index contributed by atoms with van der Waals surface area (Å²) in [5, 5.41) is 4.12. The lowest BCUT2D eigenvalue weighted by molar-refractivity contribution is 0.0939. The number of fused-ring (bicyclic) bond motifs is 1. The third kappa shape index (κ3) is 3.25. The molecule has 0 radical (unpaired) electrons. The quantitative estimate of drug-likeness (QED) is 0.720. The van der Waals surface area contributed by atoms with Gasteiger partial charge in [0, 0.05) is 27.7 Å². The van der Waals surface area contributed by atoms with E-state index in [0.717, 1.165) is 33.5 Å². The number of aryl methyl sites for hydroxylation is 2. The number of aromatic nitrogens is 1. The zero-order valence-corrected chi connectivity index (χ0v) is 15.8. The van der Waals surface area contributed by atoms with Crippen LogP contribution >= 0.6 is 0 Å². The summed E-state index contributed by atoms with van der Waals surface area (Å²) in [6.45, 7) is 6.02.